The zero-order valence-electron chi connectivity index (χ0n) is 9.81. The summed E-state index contributed by atoms with van der Waals surface area (Å²) in [6.07, 6.45) is 0. The Hall–Kier alpha value is -1.39. The van der Waals surface area contributed by atoms with Crippen LogP contribution >= 0.6 is 11.6 Å². The Balaban J connectivity index is 2.59. The molecule has 1 heterocycles. The van der Waals surface area contributed by atoms with Crippen LogP contribution in [-0.2, 0) is 13.2 Å². The molecule has 90 valence electrons. The molecule has 0 atom stereocenters. The van der Waals surface area contributed by atoms with Gasteiger partial charge in [0.2, 0.25) is 0 Å². The Morgan fingerprint density at radius 3 is 2.76 bits per heavy atom. The second kappa shape index (κ2) is 4.85. The minimum absolute atomic E-state index is 0.111. The molecular weight excluding hydrogens is 238 g/mol. The van der Waals surface area contributed by atoms with Crippen molar-refractivity contribution in [2.75, 3.05) is 0 Å². The van der Waals surface area contributed by atoms with E-state index in [1.54, 1.807) is 0 Å². The van der Waals surface area contributed by atoms with Gasteiger partial charge in [0.05, 0.1) is 0 Å². The molecule has 4 nitrogen and oxygen atoms in total. The van der Waals surface area contributed by atoms with E-state index in [1.165, 1.54) is 0 Å². The number of nitrogens with zero attached hydrogens (tertiary/aromatic N) is 3. The summed E-state index contributed by atoms with van der Waals surface area (Å²) in [4.78, 5) is 0. The molecule has 0 radical (unpaired) electrons. The maximum atomic E-state index is 9.18. The van der Waals surface area contributed by atoms with Crippen LogP contribution < -0.4 is 0 Å². The number of aryl methyl sites for hydroxylation is 1. The lowest BCUT2D eigenvalue weighted by Crippen LogP contribution is -2.04. The molecule has 0 aliphatic carbocycles. The number of hydrogen-bond acceptors (Lipinski definition) is 3. The maximum Gasteiger partial charge on any atom is 0.164 e. The minimum atomic E-state index is -0.111. The zero-order chi connectivity index (χ0) is 12.4. The summed E-state index contributed by atoms with van der Waals surface area (Å²) in [7, 11) is 0. The van der Waals surface area contributed by atoms with E-state index in [4.69, 9.17) is 11.6 Å². The standard InChI is InChI=1S/C12H14ClN3O/c1-3-16-11(7-17)14-15-12(16)10-6-9(13)5-4-8(10)2/h4-6,17H,3,7H2,1-2H3. The second-order valence-electron chi connectivity index (χ2n) is 3.80. The van der Waals surface area contributed by atoms with E-state index in [0.717, 1.165) is 17.0 Å². The Bertz CT molecular complexity index is 537. The van der Waals surface area contributed by atoms with Gasteiger partial charge in [0.1, 0.15) is 6.61 Å². The van der Waals surface area contributed by atoms with Crippen molar-refractivity contribution in [2.45, 2.75) is 27.0 Å². The van der Waals surface area contributed by atoms with Crippen molar-refractivity contribution in [1.82, 2.24) is 14.8 Å². The average Bonchev–Trinajstić information content (AvgIpc) is 2.74. The second-order valence-corrected chi connectivity index (χ2v) is 4.24. The Labute approximate surface area is 105 Å². The van der Waals surface area contributed by atoms with Gasteiger partial charge in [0.15, 0.2) is 11.6 Å². The third-order valence-corrected chi connectivity index (χ3v) is 2.96. The summed E-state index contributed by atoms with van der Waals surface area (Å²) in [6, 6.07) is 5.67. The van der Waals surface area contributed by atoms with Crippen molar-refractivity contribution in [3.8, 4) is 11.4 Å². The highest BCUT2D eigenvalue weighted by Gasteiger charge is 2.13. The summed E-state index contributed by atoms with van der Waals surface area (Å²) >= 11 is 6.00. The van der Waals surface area contributed by atoms with Gasteiger partial charge >= 0.3 is 0 Å². The number of benzene rings is 1. The summed E-state index contributed by atoms with van der Waals surface area (Å²) < 4.78 is 1.89. The van der Waals surface area contributed by atoms with Gasteiger partial charge in [-0.15, -0.1) is 10.2 Å². The van der Waals surface area contributed by atoms with Gasteiger partial charge in [-0.3, -0.25) is 0 Å². The molecule has 1 N–H and O–H groups in total. The first-order valence-electron chi connectivity index (χ1n) is 5.46. The van der Waals surface area contributed by atoms with Crippen LogP contribution in [0.2, 0.25) is 5.02 Å². The van der Waals surface area contributed by atoms with E-state index in [2.05, 4.69) is 10.2 Å². The highest BCUT2D eigenvalue weighted by Crippen LogP contribution is 2.25. The number of rotatable bonds is 3. The molecule has 0 amide bonds. The Morgan fingerprint density at radius 2 is 2.12 bits per heavy atom. The van der Waals surface area contributed by atoms with Gasteiger partial charge in [-0.2, -0.15) is 0 Å². The fraction of sp³-hybridized carbons (Fsp3) is 0.333. The van der Waals surface area contributed by atoms with Crippen molar-refractivity contribution in [3.63, 3.8) is 0 Å². The predicted octanol–water partition coefficient (Wildman–Crippen LogP) is 2.42. The highest BCUT2D eigenvalue weighted by molar-refractivity contribution is 6.30. The number of aromatic nitrogens is 3. The number of halogens is 1. The molecule has 2 aromatic rings. The quantitative estimate of drug-likeness (QED) is 0.912. The summed E-state index contributed by atoms with van der Waals surface area (Å²) in [6.45, 7) is 4.59. The van der Waals surface area contributed by atoms with E-state index in [0.29, 0.717) is 17.4 Å². The van der Waals surface area contributed by atoms with Gasteiger partial charge < -0.3 is 9.67 Å². The lowest BCUT2D eigenvalue weighted by atomic mass is 10.1. The van der Waals surface area contributed by atoms with Gasteiger partial charge in [-0.05, 0) is 31.5 Å². The maximum absolute atomic E-state index is 9.18. The van der Waals surface area contributed by atoms with Crippen LogP contribution in [0.4, 0.5) is 0 Å². The van der Waals surface area contributed by atoms with Crippen molar-refractivity contribution in [2.24, 2.45) is 0 Å². The van der Waals surface area contributed by atoms with Crippen molar-refractivity contribution >= 4 is 11.6 Å². The summed E-state index contributed by atoms with van der Waals surface area (Å²) in [5.74, 6) is 1.32. The minimum Gasteiger partial charge on any atom is -0.388 e. The molecule has 0 spiro atoms. The average molecular weight is 252 g/mol. The first kappa shape index (κ1) is 12.1. The lowest BCUT2D eigenvalue weighted by Gasteiger charge is -2.08. The Morgan fingerprint density at radius 1 is 1.35 bits per heavy atom. The van der Waals surface area contributed by atoms with Gasteiger partial charge in [-0.1, -0.05) is 17.7 Å². The number of aliphatic hydroxyl groups is 1. The molecule has 5 heteroatoms. The van der Waals surface area contributed by atoms with Crippen molar-refractivity contribution in [1.29, 1.82) is 0 Å². The molecule has 0 aliphatic rings. The molecule has 0 saturated carbocycles. The third kappa shape index (κ3) is 2.18. The molecule has 0 aliphatic heterocycles. The van der Waals surface area contributed by atoms with Crippen molar-refractivity contribution < 1.29 is 5.11 Å². The fourth-order valence-electron chi connectivity index (χ4n) is 1.82. The van der Waals surface area contributed by atoms with E-state index in [1.807, 2.05) is 36.6 Å². The van der Waals surface area contributed by atoms with E-state index >= 15 is 0 Å². The predicted molar refractivity (Wildman–Crippen MR) is 66.8 cm³/mol. The zero-order valence-corrected chi connectivity index (χ0v) is 10.6. The molecule has 0 saturated heterocycles. The van der Waals surface area contributed by atoms with Crippen LogP contribution in [0, 0.1) is 6.92 Å². The number of aliphatic hydroxyl groups excluding tert-OH is 1. The van der Waals surface area contributed by atoms with Gasteiger partial charge in [0, 0.05) is 17.1 Å². The first-order chi connectivity index (χ1) is 8.17. The van der Waals surface area contributed by atoms with Crippen LogP contribution in [0.25, 0.3) is 11.4 Å². The third-order valence-electron chi connectivity index (χ3n) is 2.73. The molecular formula is C12H14ClN3O. The monoisotopic (exact) mass is 251 g/mol. The number of hydrogen-bond donors (Lipinski definition) is 1. The normalized spacial score (nSPS) is 10.8. The van der Waals surface area contributed by atoms with Crippen LogP contribution in [0.5, 0.6) is 0 Å². The molecule has 0 fully saturated rings. The molecule has 17 heavy (non-hydrogen) atoms. The van der Waals surface area contributed by atoms with Crippen LogP contribution in [0.1, 0.15) is 18.3 Å². The van der Waals surface area contributed by atoms with E-state index in [-0.39, 0.29) is 6.61 Å². The molecule has 2 rings (SSSR count). The van der Waals surface area contributed by atoms with E-state index in [9.17, 15) is 5.11 Å². The van der Waals surface area contributed by atoms with Crippen LogP contribution in [0.15, 0.2) is 18.2 Å². The van der Waals surface area contributed by atoms with Gasteiger partial charge in [-0.25, -0.2) is 0 Å². The topological polar surface area (TPSA) is 50.9 Å². The van der Waals surface area contributed by atoms with Crippen LogP contribution in [-0.4, -0.2) is 19.9 Å². The Kier molecular flexibility index (Phi) is 3.45. The molecule has 0 bridgehead atoms. The van der Waals surface area contributed by atoms with E-state index < -0.39 is 0 Å². The highest BCUT2D eigenvalue weighted by atomic mass is 35.5. The lowest BCUT2D eigenvalue weighted by molar-refractivity contribution is 0.265. The fourth-order valence-corrected chi connectivity index (χ4v) is 1.99. The molecule has 0 unspecified atom stereocenters. The SMILES string of the molecule is CCn1c(CO)nnc1-c1cc(Cl)ccc1C. The van der Waals surface area contributed by atoms with Gasteiger partial charge in [0.25, 0.3) is 0 Å². The van der Waals surface area contributed by atoms with Crippen molar-refractivity contribution in [3.05, 3.63) is 34.6 Å². The van der Waals surface area contributed by atoms with Crippen LogP contribution in [0.3, 0.4) is 0 Å². The largest absolute Gasteiger partial charge is 0.388 e. The first-order valence-corrected chi connectivity index (χ1v) is 5.84. The molecule has 1 aromatic heterocycles. The molecule has 1 aromatic carbocycles. The smallest absolute Gasteiger partial charge is 0.164 e. The summed E-state index contributed by atoms with van der Waals surface area (Å²) in [5, 5.41) is 17.9. The summed E-state index contributed by atoms with van der Waals surface area (Å²) in [5.41, 5.74) is 2.03.